The summed E-state index contributed by atoms with van der Waals surface area (Å²) in [5, 5.41) is 9.11. The molecule has 1 saturated heterocycles. The second-order valence-corrected chi connectivity index (χ2v) is 6.80. The maximum Gasteiger partial charge on any atom is 0.414 e. The Kier molecular flexibility index (Phi) is 4.62. The van der Waals surface area contributed by atoms with Crippen LogP contribution in [0, 0.1) is 11.3 Å². The van der Waals surface area contributed by atoms with Crippen LogP contribution in [0.5, 0.6) is 5.75 Å². The highest BCUT2D eigenvalue weighted by molar-refractivity contribution is 5.95. The number of hydrogen-bond acceptors (Lipinski definition) is 5. The Morgan fingerprint density at radius 3 is 2.93 bits per heavy atom. The fourth-order valence-electron chi connectivity index (χ4n) is 3.69. The summed E-state index contributed by atoms with van der Waals surface area (Å²) in [5.41, 5.74) is 2.46. The molecule has 2 aromatic rings. The first kappa shape index (κ1) is 17.9. The summed E-state index contributed by atoms with van der Waals surface area (Å²) in [6.07, 6.45) is 0.249. The Hall–Kier alpha value is -3.53. The van der Waals surface area contributed by atoms with Crippen molar-refractivity contribution in [1.29, 1.82) is 5.26 Å². The summed E-state index contributed by atoms with van der Waals surface area (Å²) in [5.74, 6) is 0.506. The summed E-state index contributed by atoms with van der Waals surface area (Å²) in [4.78, 5) is 28.8. The van der Waals surface area contributed by atoms with Crippen LogP contribution in [0.3, 0.4) is 0 Å². The molecule has 2 aromatic carbocycles. The zero-order chi connectivity index (χ0) is 19.7. The molecular formula is C21H19N3O4. The van der Waals surface area contributed by atoms with Gasteiger partial charge in [0.25, 0.3) is 5.91 Å². The van der Waals surface area contributed by atoms with E-state index in [0.29, 0.717) is 43.0 Å². The minimum Gasteiger partial charge on any atom is -0.497 e. The van der Waals surface area contributed by atoms with Crippen molar-refractivity contribution in [3.05, 3.63) is 59.2 Å². The van der Waals surface area contributed by atoms with E-state index in [1.807, 2.05) is 12.1 Å². The highest BCUT2D eigenvalue weighted by Gasteiger charge is 2.37. The van der Waals surface area contributed by atoms with Gasteiger partial charge in [-0.1, -0.05) is 6.07 Å². The van der Waals surface area contributed by atoms with E-state index in [1.54, 1.807) is 47.2 Å². The molecule has 0 N–H and O–H groups in total. The van der Waals surface area contributed by atoms with Gasteiger partial charge < -0.3 is 14.4 Å². The van der Waals surface area contributed by atoms with Crippen LogP contribution >= 0.6 is 0 Å². The van der Waals surface area contributed by atoms with E-state index < -0.39 is 0 Å². The van der Waals surface area contributed by atoms with Crippen molar-refractivity contribution in [3.8, 4) is 11.8 Å². The number of nitriles is 1. The Morgan fingerprint density at radius 1 is 1.29 bits per heavy atom. The lowest BCUT2D eigenvalue weighted by molar-refractivity contribution is 0.0734. The molecule has 7 heteroatoms. The molecule has 0 saturated carbocycles. The summed E-state index contributed by atoms with van der Waals surface area (Å²) < 4.78 is 10.6. The molecule has 1 unspecified atom stereocenters. The average Bonchev–Trinajstić information content (AvgIpc) is 3.08. The Labute approximate surface area is 162 Å². The van der Waals surface area contributed by atoms with Crippen molar-refractivity contribution < 1.29 is 19.1 Å². The predicted molar refractivity (Wildman–Crippen MR) is 101 cm³/mol. The summed E-state index contributed by atoms with van der Waals surface area (Å²) >= 11 is 0. The van der Waals surface area contributed by atoms with Crippen LogP contribution in [0.1, 0.15) is 27.9 Å². The molecule has 7 nitrogen and oxygen atoms in total. The van der Waals surface area contributed by atoms with E-state index in [9.17, 15) is 9.59 Å². The number of methoxy groups -OCH3 is 1. The number of cyclic esters (lactones) is 1. The Balaban J connectivity index is 1.72. The minimum atomic E-state index is -0.363. The van der Waals surface area contributed by atoms with Crippen LogP contribution in [0.15, 0.2) is 42.5 Å². The standard InChI is InChI=1S/C21H19N3O4/c1-27-18-5-6-19-16(10-18)12-23(8-7-17-13-28-21(26)24(17)19)20(25)15-4-2-3-14(9-15)11-22/h2-6,9-10,17H,7-8,12-13H2,1H3. The molecular weight excluding hydrogens is 358 g/mol. The van der Waals surface area contributed by atoms with E-state index in [0.717, 1.165) is 11.3 Å². The molecule has 0 bridgehead atoms. The van der Waals surface area contributed by atoms with Crippen molar-refractivity contribution in [2.24, 2.45) is 0 Å². The first-order chi connectivity index (χ1) is 13.6. The third-order valence-corrected chi connectivity index (χ3v) is 5.13. The topological polar surface area (TPSA) is 82.9 Å². The van der Waals surface area contributed by atoms with Crippen molar-refractivity contribution in [3.63, 3.8) is 0 Å². The lowest BCUT2D eigenvalue weighted by Gasteiger charge is -2.32. The smallest absolute Gasteiger partial charge is 0.414 e. The van der Waals surface area contributed by atoms with Crippen molar-refractivity contribution >= 4 is 17.7 Å². The molecule has 142 valence electrons. The van der Waals surface area contributed by atoms with Gasteiger partial charge >= 0.3 is 6.09 Å². The number of amides is 2. The normalized spacial score (nSPS) is 18.3. The highest BCUT2D eigenvalue weighted by atomic mass is 16.6. The summed E-state index contributed by atoms with van der Waals surface area (Å²) in [7, 11) is 1.58. The fraction of sp³-hybridized carbons (Fsp3) is 0.286. The van der Waals surface area contributed by atoms with Gasteiger partial charge in [0.15, 0.2) is 0 Å². The average molecular weight is 377 g/mol. The molecule has 0 spiro atoms. The zero-order valence-corrected chi connectivity index (χ0v) is 15.4. The molecule has 2 heterocycles. The number of fused-ring (bicyclic) bond motifs is 3. The third kappa shape index (κ3) is 3.14. The molecule has 2 aliphatic heterocycles. The third-order valence-electron chi connectivity index (χ3n) is 5.13. The van der Waals surface area contributed by atoms with Crippen molar-refractivity contribution in [2.45, 2.75) is 19.0 Å². The number of ether oxygens (including phenoxy) is 2. The molecule has 0 aromatic heterocycles. The summed E-state index contributed by atoms with van der Waals surface area (Å²) in [6.45, 7) is 1.11. The van der Waals surface area contributed by atoms with E-state index in [1.165, 1.54) is 0 Å². The fourth-order valence-corrected chi connectivity index (χ4v) is 3.69. The highest BCUT2D eigenvalue weighted by Crippen LogP contribution is 2.34. The van der Waals surface area contributed by atoms with E-state index in [-0.39, 0.29) is 18.0 Å². The molecule has 1 atom stereocenters. The molecule has 2 amide bonds. The quantitative estimate of drug-likeness (QED) is 0.804. The monoisotopic (exact) mass is 377 g/mol. The largest absolute Gasteiger partial charge is 0.497 e. The SMILES string of the molecule is COc1ccc2c(c1)CN(C(=O)c1cccc(C#N)c1)CCC1COC(=O)N21. The van der Waals surface area contributed by atoms with Gasteiger partial charge in [-0.15, -0.1) is 0 Å². The second-order valence-electron chi connectivity index (χ2n) is 6.80. The van der Waals surface area contributed by atoms with Gasteiger partial charge in [-0.25, -0.2) is 4.79 Å². The zero-order valence-electron chi connectivity index (χ0n) is 15.4. The first-order valence-corrected chi connectivity index (χ1v) is 9.03. The summed E-state index contributed by atoms with van der Waals surface area (Å²) in [6, 6.07) is 14.1. The van der Waals surface area contributed by atoms with Gasteiger partial charge in [-0.2, -0.15) is 5.26 Å². The van der Waals surface area contributed by atoms with Crippen LogP contribution in [0.2, 0.25) is 0 Å². The molecule has 0 aliphatic carbocycles. The van der Waals surface area contributed by atoms with Crippen molar-refractivity contribution in [2.75, 3.05) is 25.2 Å². The number of anilines is 1. The molecule has 28 heavy (non-hydrogen) atoms. The Bertz CT molecular complexity index is 982. The second kappa shape index (κ2) is 7.24. The van der Waals surface area contributed by atoms with Crippen LogP contribution in [0.25, 0.3) is 0 Å². The van der Waals surface area contributed by atoms with Gasteiger partial charge in [0.2, 0.25) is 0 Å². The van der Waals surface area contributed by atoms with Gasteiger partial charge in [-0.05, 0) is 48.4 Å². The lowest BCUT2D eigenvalue weighted by atomic mass is 10.0. The molecule has 2 aliphatic rings. The van der Waals surface area contributed by atoms with E-state index >= 15 is 0 Å². The van der Waals surface area contributed by atoms with Crippen LogP contribution in [0.4, 0.5) is 10.5 Å². The number of benzene rings is 2. The number of hydrogen-bond donors (Lipinski definition) is 0. The van der Waals surface area contributed by atoms with Crippen LogP contribution < -0.4 is 9.64 Å². The lowest BCUT2D eigenvalue weighted by Crippen LogP contribution is -2.42. The number of rotatable bonds is 2. The molecule has 4 rings (SSSR count). The minimum absolute atomic E-state index is 0.124. The van der Waals surface area contributed by atoms with Crippen molar-refractivity contribution in [1.82, 2.24) is 4.90 Å². The molecule has 1 fully saturated rings. The van der Waals surface area contributed by atoms with Crippen LogP contribution in [-0.2, 0) is 11.3 Å². The molecule has 0 radical (unpaired) electrons. The first-order valence-electron chi connectivity index (χ1n) is 9.03. The van der Waals surface area contributed by atoms with Crippen LogP contribution in [-0.4, -0.2) is 43.2 Å². The van der Waals surface area contributed by atoms with Gasteiger partial charge in [0.1, 0.15) is 12.4 Å². The number of carbonyl (C=O) groups is 2. The number of nitrogens with zero attached hydrogens (tertiary/aromatic N) is 3. The van der Waals surface area contributed by atoms with Gasteiger partial charge in [-0.3, -0.25) is 9.69 Å². The van der Waals surface area contributed by atoms with E-state index in [2.05, 4.69) is 6.07 Å². The maximum absolute atomic E-state index is 13.1. The van der Waals surface area contributed by atoms with Gasteiger partial charge in [0.05, 0.1) is 30.5 Å². The predicted octanol–water partition coefficient (Wildman–Crippen LogP) is 2.94. The maximum atomic E-state index is 13.1. The van der Waals surface area contributed by atoms with Gasteiger partial charge in [0, 0.05) is 18.7 Å². The Morgan fingerprint density at radius 2 is 2.14 bits per heavy atom. The number of carbonyl (C=O) groups excluding carboxylic acids is 2. The van der Waals surface area contributed by atoms with E-state index in [4.69, 9.17) is 14.7 Å².